The van der Waals surface area contributed by atoms with Crippen LogP contribution in [0.1, 0.15) is 58.6 Å². The smallest absolute Gasteiger partial charge is 0.310 e. The highest BCUT2D eigenvalue weighted by molar-refractivity contribution is 5.75. The van der Waals surface area contributed by atoms with Crippen molar-refractivity contribution in [3.8, 4) is 0 Å². The van der Waals surface area contributed by atoms with Crippen molar-refractivity contribution < 1.29 is 9.90 Å². The monoisotopic (exact) mass is 279 g/mol. The summed E-state index contributed by atoms with van der Waals surface area (Å²) < 4.78 is 0. The molecule has 0 radical (unpaired) electrons. The van der Waals surface area contributed by atoms with Gasteiger partial charge in [0.25, 0.3) is 0 Å². The van der Waals surface area contributed by atoms with Gasteiger partial charge in [0.15, 0.2) is 0 Å². The van der Waals surface area contributed by atoms with Crippen LogP contribution in [0.3, 0.4) is 0 Å². The minimum atomic E-state index is -0.772. The molecule has 20 heavy (non-hydrogen) atoms. The lowest BCUT2D eigenvalue weighted by molar-refractivity contribution is -0.138. The van der Waals surface area contributed by atoms with E-state index in [1.165, 1.54) is 5.56 Å². The van der Waals surface area contributed by atoms with Crippen LogP contribution in [0.25, 0.3) is 0 Å². The summed E-state index contributed by atoms with van der Waals surface area (Å²) in [6.07, 6.45) is 1.04. The average Bonchev–Trinajstić information content (AvgIpc) is 2.26. The zero-order valence-electron chi connectivity index (χ0n) is 13.6. The Bertz CT molecular complexity index is 396. The van der Waals surface area contributed by atoms with E-state index >= 15 is 0 Å². The second-order valence-electron chi connectivity index (χ2n) is 6.77. The van der Waals surface area contributed by atoms with Crippen molar-refractivity contribution in [3.05, 3.63) is 35.4 Å². The van der Waals surface area contributed by atoms with Gasteiger partial charge in [-0.05, 0) is 51.2 Å². The van der Waals surface area contributed by atoms with Crippen molar-refractivity contribution in [1.82, 2.24) is 0 Å². The zero-order chi connectivity index (χ0) is 15.9. The predicted molar refractivity (Wildman–Crippen MR) is 85.0 cm³/mol. The van der Waals surface area contributed by atoms with E-state index in [0.717, 1.165) is 12.0 Å². The number of rotatable bonds is 4. The summed E-state index contributed by atoms with van der Waals surface area (Å²) in [6, 6.07) is 7.87. The fourth-order valence-electron chi connectivity index (χ4n) is 1.56. The number of carbonyl (C=O) groups is 1. The maximum Gasteiger partial charge on any atom is 0.310 e. The molecule has 0 amide bonds. The molecule has 0 spiro atoms. The van der Waals surface area contributed by atoms with E-state index in [0.29, 0.717) is 5.92 Å². The first-order valence-corrected chi connectivity index (χ1v) is 7.11. The first-order valence-electron chi connectivity index (χ1n) is 7.11. The number of carboxylic acids is 1. The summed E-state index contributed by atoms with van der Waals surface area (Å²) in [7, 11) is 0. The van der Waals surface area contributed by atoms with Crippen LogP contribution in [0, 0.1) is 5.92 Å². The van der Waals surface area contributed by atoms with E-state index in [9.17, 15) is 4.79 Å². The summed E-state index contributed by atoms with van der Waals surface area (Å²) in [5.74, 6) is -0.558. The van der Waals surface area contributed by atoms with Crippen molar-refractivity contribution in [3.63, 3.8) is 0 Å². The number of hydrogen-bond donors (Lipinski definition) is 2. The van der Waals surface area contributed by atoms with E-state index < -0.39 is 11.9 Å². The summed E-state index contributed by atoms with van der Waals surface area (Å²) in [6.45, 7) is 12.0. The molecule has 0 heterocycles. The molecule has 1 aromatic rings. The molecule has 3 heteroatoms. The standard InChI is InChI=1S/C13H18O2.C4H11N/c1-9(2)8-11-4-6-12(7-5-11)10(3)13(14)15;1-4(2,3)5/h4-7,9-10H,8H2,1-3H3,(H,14,15);5H2,1-3H3. The molecule has 3 N–H and O–H groups in total. The molecule has 0 aliphatic carbocycles. The molecule has 114 valence electrons. The Kier molecular flexibility index (Phi) is 7.51. The molecule has 0 aromatic heterocycles. The van der Waals surface area contributed by atoms with Crippen LogP contribution >= 0.6 is 0 Å². The number of benzene rings is 1. The zero-order valence-corrected chi connectivity index (χ0v) is 13.6. The van der Waals surface area contributed by atoms with Crippen LogP contribution in [-0.2, 0) is 11.2 Å². The van der Waals surface area contributed by atoms with Gasteiger partial charge in [-0.1, -0.05) is 38.1 Å². The second kappa shape index (κ2) is 8.05. The first-order chi connectivity index (χ1) is 9.00. The van der Waals surface area contributed by atoms with Crippen molar-refractivity contribution in [2.75, 3.05) is 0 Å². The molecule has 0 aliphatic heterocycles. The van der Waals surface area contributed by atoms with Gasteiger partial charge in [-0.25, -0.2) is 0 Å². The Morgan fingerprint density at radius 1 is 1.15 bits per heavy atom. The van der Waals surface area contributed by atoms with Gasteiger partial charge in [-0.3, -0.25) is 4.79 Å². The summed E-state index contributed by atoms with van der Waals surface area (Å²) in [5.41, 5.74) is 7.49. The van der Waals surface area contributed by atoms with Gasteiger partial charge in [0.05, 0.1) is 5.92 Å². The highest BCUT2D eigenvalue weighted by Gasteiger charge is 2.12. The van der Waals surface area contributed by atoms with E-state index in [2.05, 4.69) is 13.8 Å². The fraction of sp³-hybridized carbons (Fsp3) is 0.588. The van der Waals surface area contributed by atoms with Crippen LogP contribution in [-0.4, -0.2) is 16.6 Å². The van der Waals surface area contributed by atoms with Crippen LogP contribution in [0.2, 0.25) is 0 Å². The highest BCUT2D eigenvalue weighted by Crippen LogP contribution is 2.17. The molecule has 0 saturated heterocycles. The molecular formula is C17H29NO2. The van der Waals surface area contributed by atoms with Crippen LogP contribution in [0.5, 0.6) is 0 Å². The molecule has 0 fully saturated rings. The molecule has 1 aromatic carbocycles. The summed E-state index contributed by atoms with van der Waals surface area (Å²) in [4.78, 5) is 10.8. The van der Waals surface area contributed by atoms with Gasteiger partial charge in [0, 0.05) is 5.54 Å². The van der Waals surface area contributed by atoms with E-state index in [1.807, 2.05) is 45.0 Å². The average molecular weight is 279 g/mol. The Hall–Kier alpha value is -1.35. The third-order valence-corrected chi connectivity index (χ3v) is 2.49. The minimum Gasteiger partial charge on any atom is -0.481 e. The van der Waals surface area contributed by atoms with Gasteiger partial charge in [0.1, 0.15) is 0 Å². The lowest BCUT2D eigenvalue weighted by Crippen LogP contribution is -2.26. The Balaban J connectivity index is 0.000000621. The maximum atomic E-state index is 10.8. The third kappa shape index (κ3) is 9.56. The van der Waals surface area contributed by atoms with Crippen molar-refractivity contribution in [2.24, 2.45) is 11.7 Å². The fourth-order valence-corrected chi connectivity index (χ4v) is 1.56. The van der Waals surface area contributed by atoms with Crippen LogP contribution < -0.4 is 5.73 Å². The first kappa shape index (κ1) is 18.7. The molecule has 1 unspecified atom stereocenters. The number of hydrogen-bond acceptors (Lipinski definition) is 2. The van der Waals surface area contributed by atoms with Gasteiger partial charge in [0.2, 0.25) is 0 Å². The molecular weight excluding hydrogens is 250 g/mol. The third-order valence-electron chi connectivity index (χ3n) is 2.49. The normalized spacial score (nSPS) is 12.6. The highest BCUT2D eigenvalue weighted by atomic mass is 16.4. The molecule has 0 saturated carbocycles. The van der Waals surface area contributed by atoms with Crippen molar-refractivity contribution in [1.29, 1.82) is 0 Å². The Morgan fingerprint density at radius 3 is 1.85 bits per heavy atom. The van der Waals surface area contributed by atoms with Crippen LogP contribution in [0.15, 0.2) is 24.3 Å². The topological polar surface area (TPSA) is 63.3 Å². The SMILES string of the molecule is CC(C)(C)N.CC(C)Cc1ccc(C(C)C(=O)O)cc1. The number of nitrogens with two attached hydrogens (primary N) is 1. The minimum absolute atomic E-state index is 0. The lowest BCUT2D eigenvalue weighted by atomic mass is 9.97. The predicted octanol–water partition coefficient (Wildman–Crippen LogP) is 3.82. The number of aliphatic carboxylic acids is 1. The Morgan fingerprint density at radius 2 is 1.55 bits per heavy atom. The molecule has 1 atom stereocenters. The lowest BCUT2D eigenvalue weighted by Gasteiger charge is -2.09. The maximum absolute atomic E-state index is 10.8. The van der Waals surface area contributed by atoms with E-state index in [4.69, 9.17) is 10.8 Å². The molecule has 1 rings (SSSR count). The van der Waals surface area contributed by atoms with Crippen LogP contribution in [0.4, 0.5) is 0 Å². The molecule has 0 aliphatic rings. The van der Waals surface area contributed by atoms with Crippen molar-refractivity contribution in [2.45, 2.75) is 59.4 Å². The number of carboxylic acid groups (broad SMARTS) is 1. The summed E-state index contributed by atoms with van der Waals surface area (Å²) >= 11 is 0. The largest absolute Gasteiger partial charge is 0.481 e. The van der Waals surface area contributed by atoms with Crippen molar-refractivity contribution >= 4 is 5.97 Å². The second-order valence-corrected chi connectivity index (χ2v) is 6.77. The molecule has 3 nitrogen and oxygen atoms in total. The van der Waals surface area contributed by atoms with Gasteiger partial charge in [-0.2, -0.15) is 0 Å². The summed E-state index contributed by atoms with van der Waals surface area (Å²) in [5, 5.41) is 8.85. The van der Waals surface area contributed by atoms with E-state index in [-0.39, 0.29) is 5.54 Å². The van der Waals surface area contributed by atoms with Gasteiger partial charge in [-0.15, -0.1) is 0 Å². The quantitative estimate of drug-likeness (QED) is 0.880. The van der Waals surface area contributed by atoms with Gasteiger partial charge >= 0.3 is 5.97 Å². The molecule has 0 bridgehead atoms. The Labute approximate surface area is 123 Å². The van der Waals surface area contributed by atoms with Gasteiger partial charge < -0.3 is 10.8 Å². The van der Waals surface area contributed by atoms with E-state index in [1.54, 1.807) is 6.92 Å².